The molecule has 1 aromatic carbocycles. The molecule has 0 radical (unpaired) electrons. The second-order valence-corrected chi connectivity index (χ2v) is 5.06. The molecule has 0 bridgehead atoms. The second-order valence-electron chi connectivity index (χ2n) is 5.06. The first-order valence-corrected chi connectivity index (χ1v) is 7.30. The first kappa shape index (κ1) is 15.9. The highest BCUT2D eigenvalue weighted by molar-refractivity contribution is 5.99. The number of ether oxygens (including phenoxy) is 1. The predicted molar refractivity (Wildman–Crippen MR) is 79.5 cm³/mol. The number of amides is 1. The van der Waals surface area contributed by atoms with Crippen molar-refractivity contribution in [2.45, 2.75) is 19.8 Å². The zero-order chi connectivity index (χ0) is 15.9. The third kappa shape index (κ3) is 3.59. The van der Waals surface area contributed by atoms with Gasteiger partial charge in [-0.15, -0.1) is 0 Å². The quantitative estimate of drug-likeness (QED) is 0.485. The Hall–Kier alpha value is -2.46. The van der Waals surface area contributed by atoms with Crippen molar-refractivity contribution in [2.24, 2.45) is 10.9 Å². The third-order valence-corrected chi connectivity index (χ3v) is 3.63. The van der Waals surface area contributed by atoms with E-state index in [9.17, 15) is 14.4 Å². The van der Waals surface area contributed by atoms with E-state index < -0.39 is 0 Å². The normalized spacial score (nSPS) is 17.5. The summed E-state index contributed by atoms with van der Waals surface area (Å²) < 4.78 is 5.03. The fraction of sp³-hybridized carbons (Fsp3) is 0.438. The molecular weight excluding hydrogens is 284 g/mol. The van der Waals surface area contributed by atoms with Crippen LogP contribution >= 0.6 is 0 Å². The molecule has 1 aromatic rings. The van der Waals surface area contributed by atoms with Crippen molar-refractivity contribution >= 4 is 23.6 Å². The largest absolute Gasteiger partial charge is 0.466 e. The summed E-state index contributed by atoms with van der Waals surface area (Å²) in [6.07, 6.45) is 2.92. The van der Waals surface area contributed by atoms with E-state index in [2.05, 4.69) is 4.99 Å². The Morgan fingerprint density at radius 1 is 1.41 bits per heavy atom. The highest BCUT2D eigenvalue weighted by Gasteiger charge is 2.30. The fourth-order valence-electron chi connectivity index (χ4n) is 2.59. The van der Waals surface area contributed by atoms with E-state index in [1.807, 2.05) is 0 Å². The highest BCUT2D eigenvalue weighted by Crippen LogP contribution is 2.24. The summed E-state index contributed by atoms with van der Waals surface area (Å²) >= 11 is 0. The molecule has 2 rings (SSSR count). The molecule has 0 N–H and O–H groups in total. The Balaban J connectivity index is 2.16. The Morgan fingerprint density at radius 2 is 2.18 bits per heavy atom. The van der Waals surface area contributed by atoms with Gasteiger partial charge in [-0.1, -0.05) is 12.1 Å². The number of hydrogen-bond acceptors (Lipinski definition) is 5. The van der Waals surface area contributed by atoms with Crippen molar-refractivity contribution in [1.29, 1.82) is 0 Å². The molecule has 0 saturated carbocycles. The van der Waals surface area contributed by atoms with Gasteiger partial charge in [-0.05, 0) is 31.9 Å². The maximum Gasteiger partial charge on any atom is 0.310 e. The molecule has 1 aliphatic rings. The van der Waals surface area contributed by atoms with Gasteiger partial charge in [-0.3, -0.25) is 9.59 Å². The SMILES string of the molecule is CCOC(=O)C1CCCN(C(=O)c2ccccc2N=C=O)C1. The number of carbonyl (C=O) groups is 2. The number of esters is 1. The Morgan fingerprint density at radius 3 is 2.91 bits per heavy atom. The molecule has 1 saturated heterocycles. The summed E-state index contributed by atoms with van der Waals surface area (Å²) in [5.41, 5.74) is 0.635. The number of carbonyl (C=O) groups excluding carboxylic acids is 3. The average molecular weight is 302 g/mol. The molecule has 6 nitrogen and oxygen atoms in total. The van der Waals surface area contributed by atoms with Crippen LogP contribution in [0.4, 0.5) is 5.69 Å². The zero-order valence-corrected chi connectivity index (χ0v) is 12.4. The molecule has 22 heavy (non-hydrogen) atoms. The van der Waals surface area contributed by atoms with E-state index in [1.54, 1.807) is 36.1 Å². The van der Waals surface area contributed by atoms with Gasteiger partial charge in [0.1, 0.15) is 0 Å². The summed E-state index contributed by atoms with van der Waals surface area (Å²) in [7, 11) is 0. The van der Waals surface area contributed by atoms with Crippen LogP contribution in [-0.2, 0) is 14.3 Å². The van der Waals surface area contributed by atoms with Gasteiger partial charge in [0.05, 0.1) is 23.8 Å². The molecule has 1 fully saturated rings. The van der Waals surface area contributed by atoms with Gasteiger partial charge in [0.15, 0.2) is 0 Å². The highest BCUT2D eigenvalue weighted by atomic mass is 16.5. The third-order valence-electron chi connectivity index (χ3n) is 3.63. The monoisotopic (exact) mass is 302 g/mol. The maximum absolute atomic E-state index is 12.6. The van der Waals surface area contributed by atoms with Crippen molar-refractivity contribution in [2.75, 3.05) is 19.7 Å². The van der Waals surface area contributed by atoms with Gasteiger partial charge in [-0.2, -0.15) is 4.99 Å². The fourth-order valence-corrected chi connectivity index (χ4v) is 2.59. The number of rotatable bonds is 4. The first-order valence-electron chi connectivity index (χ1n) is 7.30. The van der Waals surface area contributed by atoms with Gasteiger partial charge in [0.25, 0.3) is 5.91 Å². The van der Waals surface area contributed by atoms with Gasteiger partial charge < -0.3 is 9.64 Å². The lowest BCUT2D eigenvalue weighted by molar-refractivity contribution is -0.149. The first-order chi connectivity index (χ1) is 10.7. The van der Waals surface area contributed by atoms with Crippen LogP contribution in [0.3, 0.4) is 0 Å². The van der Waals surface area contributed by atoms with Crippen molar-refractivity contribution in [1.82, 2.24) is 4.90 Å². The zero-order valence-electron chi connectivity index (χ0n) is 12.4. The van der Waals surface area contributed by atoms with E-state index in [-0.39, 0.29) is 17.8 Å². The Kier molecular flexibility index (Phi) is 5.44. The Bertz CT molecular complexity index is 608. The lowest BCUT2D eigenvalue weighted by Gasteiger charge is -2.31. The van der Waals surface area contributed by atoms with Gasteiger partial charge in [0.2, 0.25) is 6.08 Å². The molecule has 0 spiro atoms. The second kappa shape index (κ2) is 7.52. The minimum atomic E-state index is -0.292. The van der Waals surface area contributed by atoms with Gasteiger partial charge in [-0.25, -0.2) is 4.79 Å². The standard InChI is InChI=1S/C16H18N2O4/c1-2-22-16(21)12-6-5-9-18(10-12)15(20)13-7-3-4-8-14(13)17-11-19/h3-4,7-8,12H,2,5-6,9-10H2,1H3. The van der Waals surface area contributed by atoms with Crippen molar-refractivity contribution < 1.29 is 19.1 Å². The number of para-hydroxylation sites is 1. The molecule has 1 atom stereocenters. The number of likely N-dealkylation sites (tertiary alicyclic amines) is 1. The van der Waals surface area contributed by atoms with E-state index in [4.69, 9.17) is 4.74 Å². The Labute approximate surface area is 128 Å². The molecule has 6 heteroatoms. The van der Waals surface area contributed by atoms with Crippen molar-refractivity contribution in [3.63, 3.8) is 0 Å². The summed E-state index contributed by atoms with van der Waals surface area (Å²) in [6, 6.07) is 6.62. The predicted octanol–water partition coefficient (Wildman–Crippen LogP) is 2.07. The molecule has 1 aliphatic heterocycles. The van der Waals surface area contributed by atoms with Gasteiger partial charge in [0, 0.05) is 13.1 Å². The topological polar surface area (TPSA) is 76.0 Å². The maximum atomic E-state index is 12.6. The molecular formula is C16H18N2O4. The number of piperidine rings is 1. The summed E-state index contributed by atoms with van der Waals surface area (Å²) in [5, 5.41) is 0. The van der Waals surface area contributed by atoms with Crippen LogP contribution in [0.2, 0.25) is 0 Å². The number of nitrogens with zero attached hydrogens (tertiary/aromatic N) is 2. The van der Waals surface area contributed by atoms with E-state index in [0.29, 0.717) is 30.9 Å². The van der Waals surface area contributed by atoms with E-state index in [0.717, 1.165) is 12.8 Å². The van der Waals surface area contributed by atoms with Crippen molar-refractivity contribution in [3.05, 3.63) is 29.8 Å². The number of benzene rings is 1. The van der Waals surface area contributed by atoms with Crippen molar-refractivity contribution in [3.8, 4) is 0 Å². The van der Waals surface area contributed by atoms with Crippen LogP contribution in [0.25, 0.3) is 0 Å². The molecule has 0 aliphatic carbocycles. The van der Waals surface area contributed by atoms with E-state index >= 15 is 0 Å². The lowest BCUT2D eigenvalue weighted by Crippen LogP contribution is -2.42. The van der Waals surface area contributed by atoms with Crippen LogP contribution in [0.1, 0.15) is 30.1 Å². The van der Waals surface area contributed by atoms with Crippen LogP contribution in [0.5, 0.6) is 0 Å². The lowest BCUT2D eigenvalue weighted by atomic mass is 9.97. The minimum absolute atomic E-state index is 0.233. The van der Waals surface area contributed by atoms with Crippen LogP contribution in [-0.4, -0.2) is 42.6 Å². The molecule has 1 amide bonds. The van der Waals surface area contributed by atoms with Gasteiger partial charge >= 0.3 is 5.97 Å². The number of isocyanates is 1. The summed E-state index contributed by atoms with van der Waals surface area (Å²) in [5.74, 6) is -0.790. The number of aliphatic imine (C=N–C) groups is 1. The average Bonchev–Trinajstić information content (AvgIpc) is 2.55. The molecule has 1 heterocycles. The minimum Gasteiger partial charge on any atom is -0.466 e. The number of hydrogen-bond donors (Lipinski definition) is 0. The van der Waals surface area contributed by atoms with E-state index in [1.165, 1.54) is 6.08 Å². The van der Waals surface area contributed by atoms with Crippen LogP contribution < -0.4 is 0 Å². The van der Waals surface area contributed by atoms with Crippen LogP contribution in [0, 0.1) is 5.92 Å². The molecule has 116 valence electrons. The molecule has 0 aromatic heterocycles. The summed E-state index contributed by atoms with van der Waals surface area (Å²) in [4.78, 5) is 40.1. The summed E-state index contributed by atoms with van der Waals surface area (Å²) in [6.45, 7) is 3.00. The smallest absolute Gasteiger partial charge is 0.310 e. The van der Waals surface area contributed by atoms with Crippen LogP contribution in [0.15, 0.2) is 29.3 Å². The molecule has 1 unspecified atom stereocenters.